The zero-order valence-electron chi connectivity index (χ0n) is 14.6. The molecule has 6 nitrogen and oxygen atoms in total. The van der Waals surface area contributed by atoms with Gasteiger partial charge in [0.1, 0.15) is 6.07 Å². The molecule has 0 saturated heterocycles. The normalized spacial score (nSPS) is 12.8. The Bertz CT molecular complexity index is 1020. The molecular weight excluding hydrogens is 338 g/mol. The highest BCUT2D eigenvalue weighted by Gasteiger charge is 2.22. The van der Waals surface area contributed by atoms with Gasteiger partial charge in [-0.05, 0) is 29.7 Å². The lowest BCUT2D eigenvalue weighted by molar-refractivity contribution is 0.0734. The Morgan fingerprint density at radius 2 is 1.74 bits per heavy atom. The van der Waals surface area contributed by atoms with Crippen LogP contribution in [0.15, 0.2) is 60.9 Å². The van der Waals surface area contributed by atoms with Crippen molar-refractivity contribution in [1.82, 2.24) is 14.9 Å². The number of benzene rings is 2. The summed E-state index contributed by atoms with van der Waals surface area (Å²) in [5.74, 6) is 0.270. The molecule has 0 unspecified atom stereocenters. The summed E-state index contributed by atoms with van der Waals surface area (Å²) >= 11 is 0. The molecule has 0 bridgehead atoms. The number of nitriles is 1. The monoisotopic (exact) mass is 355 g/mol. The van der Waals surface area contributed by atoms with Crippen LogP contribution in [0, 0.1) is 11.3 Å². The number of para-hydroxylation sites is 1. The number of rotatable bonds is 3. The quantitative estimate of drug-likeness (QED) is 0.779. The second kappa shape index (κ2) is 7.26. The van der Waals surface area contributed by atoms with Crippen LogP contribution in [-0.2, 0) is 13.0 Å². The van der Waals surface area contributed by atoms with Gasteiger partial charge in [-0.15, -0.1) is 0 Å². The van der Waals surface area contributed by atoms with E-state index in [1.54, 1.807) is 18.2 Å². The molecule has 132 valence electrons. The van der Waals surface area contributed by atoms with Crippen molar-refractivity contribution in [2.24, 2.45) is 0 Å². The third kappa shape index (κ3) is 3.48. The molecular formula is C21H17N5O. The van der Waals surface area contributed by atoms with Crippen LogP contribution in [-0.4, -0.2) is 27.3 Å². The summed E-state index contributed by atoms with van der Waals surface area (Å²) in [6, 6.07) is 17.4. The maximum Gasteiger partial charge on any atom is 0.257 e. The minimum atomic E-state index is -0.0755. The lowest BCUT2D eigenvalue weighted by atomic mass is 9.99. The van der Waals surface area contributed by atoms with Gasteiger partial charge in [-0.2, -0.15) is 5.26 Å². The Morgan fingerprint density at radius 1 is 1.04 bits per heavy atom. The average Bonchev–Trinajstić information content (AvgIpc) is 2.74. The van der Waals surface area contributed by atoms with Gasteiger partial charge in [0.25, 0.3) is 5.91 Å². The summed E-state index contributed by atoms with van der Waals surface area (Å²) in [6.07, 6.45) is 3.90. The van der Waals surface area contributed by atoms with Crippen LogP contribution in [0.4, 0.5) is 11.6 Å². The van der Waals surface area contributed by atoms with Crippen molar-refractivity contribution in [2.75, 3.05) is 11.9 Å². The lowest BCUT2D eigenvalue weighted by Gasteiger charge is -2.28. The molecule has 0 saturated carbocycles. The van der Waals surface area contributed by atoms with E-state index in [4.69, 9.17) is 5.26 Å². The SMILES string of the molecule is N#Cc1ccccc1Nc1ncc(C(=O)N2CCc3ccccc3C2)cn1. The summed E-state index contributed by atoms with van der Waals surface area (Å²) in [5, 5.41) is 12.2. The van der Waals surface area contributed by atoms with Crippen molar-refractivity contribution in [3.63, 3.8) is 0 Å². The fourth-order valence-electron chi connectivity index (χ4n) is 3.16. The molecule has 0 radical (unpaired) electrons. The van der Waals surface area contributed by atoms with Gasteiger partial charge in [0.2, 0.25) is 5.95 Å². The number of amides is 1. The predicted octanol–water partition coefficient (Wildman–Crippen LogP) is 3.29. The molecule has 4 rings (SSSR count). The molecule has 0 fully saturated rings. The van der Waals surface area contributed by atoms with Gasteiger partial charge in [0.15, 0.2) is 0 Å². The van der Waals surface area contributed by atoms with Crippen LogP contribution in [0.1, 0.15) is 27.0 Å². The van der Waals surface area contributed by atoms with Crippen LogP contribution >= 0.6 is 0 Å². The smallest absolute Gasteiger partial charge is 0.257 e. The number of fused-ring (bicyclic) bond motifs is 1. The summed E-state index contributed by atoms with van der Waals surface area (Å²) in [4.78, 5) is 23.0. The standard InChI is InChI=1S/C21H17N5O/c22-11-16-6-3-4-8-19(16)25-21-23-12-18(13-24-21)20(27)26-10-9-15-5-1-2-7-17(15)14-26/h1-8,12-13H,9-10,14H2,(H,23,24,25). The average molecular weight is 355 g/mol. The van der Waals surface area contributed by atoms with Gasteiger partial charge in [0, 0.05) is 25.5 Å². The van der Waals surface area contributed by atoms with Gasteiger partial charge in [0.05, 0.1) is 16.8 Å². The molecule has 1 amide bonds. The van der Waals surface area contributed by atoms with E-state index in [1.165, 1.54) is 23.5 Å². The van der Waals surface area contributed by atoms with Gasteiger partial charge in [-0.1, -0.05) is 36.4 Å². The summed E-state index contributed by atoms with van der Waals surface area (Å²) in [5.41, 5.74) is 4.08. The van der Waals surface area contributed by atoms with E-state index in [-0.39, 0.29) is 5.91 Å². The van der Waals surface area contributed by atoms with Crippen molar-refractivity contribution >= 4 is 17.5 Å². The first-order chi connectivity index (χ1) is 13.2. The van der Waals surface area contributed by atoms with Gasteiger partial charge >= 0.3 is 0 Å². The molecule has 0 spiro atoms. The Balaban J connectivity index is 1.48. The van der Waals surface area contributed by atoms with Crippen molar-refractivity contribution < 1.29 is 4.79 Å². The number of nitrogens with zero attached hydrogens (tertiary/aromatic N) is 4. The maximum absolute atomic E-state index is 12.8. The summed E-state index contributed by atoms with van der Waals surface area (Å²) < 4.78 is 0. The molecule has 3 aromatic rings. The second-order valence-corrected chi connectivity index (χ2v) is 6.32. The fraction of sp³-hybridized carbons (Fsp3) is 0.143. The molecule has 1 N–H and O–H groups in total. The number of aromatic nitrogens is 2. The van der Waals surface area contributed by atoms with Crippen LogP contribution in [0.2, 0.25) is 0 Å². The third-order valence-corrected chi connectivity index (χ3v) is 4.61. The zero-order chi connectivity index (χ0) is 18.6. The van der Waals surface area contributed by atoms with Crippen molar-refractivity contribution in [1.29, 1.82) is 5.26 Å². The van der Waals surface area contributed by atoms with Gasteiger partial charge in [-0.25, -0.2) is 9.97 Å². The number of hydrogen-bond acceptors (Lipinski definition) is 5. The molecule has 1 aliphatic heterocycles. The van der Waals surface area contributed by atoms with Gasteiger partial charge < -0.3 is 10.2 Å². The molecule has 0 atom stereocenters. The Labute approximate surface area is 157 Å². The minimum absolute atomic E-state index is 0.0755. The number of nitrogens with one attached hydrogen (secondary N) is 1. The number of carbonyl (C=O) groups excluding carboxylic acids is 1. The van der Waals surface area contributed by atoms with E-state index in [0.29, 0.717) is 35.9 Å². The van der Waals surface area contributed by atoms with E-state index in [1.807, 2.05) is 23.1 Å². The van der Waals surface area contributed by atoms with E-state index in [2.05, 4.69) is 33.5 Å². The minimum Gasteiger partial charge on any atom is -0.334 e. The van der Waals surface area contributed by atoms with Crippen LogP contribution in [0.5, 0.6) is 0 Å². The number of anilines is 2. The molecule has 1 aromatic heterocycles. The van der Waals surface area contributed by atoms with Crippen LogP contribution < -0.4 is 5.32 Å². The van der Waals surface area contributed by atoms with E-state index in [9.17, 15) is 4.79 Å². The highest BCUT2D eigenvalue weighted by molar-refractivity contribution is 5.93. The lowest BCUT2D eigenvalue weighted by Crippen LogP contribution is -2.36. The van der Waals surface area contributed by atoms with Crippen LogP contribution in [0.25, 0.3) is 0 Å². The number of hydrogen-bond donors (Lipinski definition) is 1. The van der Waals surface area contributed by atoms with Gasteiger partial charge in [-0.3, -0.25) is 4.79 Å². The number of carbonyl (C=O) groups is 1. The Kier molecular flexibility index (Phi) is 4.50. The Hall–Kier alpha value is -3.72. The van der Waals surface area contributed by atoms with E-state index in [0.717, 1.165) is 6.42 Å². The largest absolute Gasteiger partial charge is 0.334 e. The van der Waals surface area contributed by atoms with E-state index < -0.39 is 0 Å². The first kappa shape index (κ1) is 16.7. The second-order valence-electron chi connectivity index (χ2n) is 6.32. The van der Waals surface area contributed by atoms with Crippen molar-refractivity contribution in [2.45, 2.75) is 13.0 Å². The Morgan fingerprint density at radius 3 is 2.52 bits per heavy atom. The highest BCUT2D eigenvalue weighted by Crippen LogP contribution is 2.21. The third-order valence-electron chi connectivity index (χ3n) is 4.61. The molecule has 2 heterocycles. The molecule has 27 heavy (non-hydrogen) atoms. The molecule has 0 aliphatic carbocycles. The molecule has 2 aromatic carbocycles. The first-order valence-electron chi connectivity index (χ1n) is 8.69. The van der Waals surface area contributed by atoms with Crippen molar-refractivity contribution in [3.05, 3.63) is 83.2 Å². The first-order valence-corrected chi connectivity index (χ1v) is 8.69. The molecule has 6 heteroatoms. The zero-order valence-corrected chi connectivity index (χ0v) is 14.6. The highest BCUT2D eigenvalue weighted by atomic mass is 16.2. The van der Waals surface area contributed by atoms with Crippen molar-refractivity contribution in [3.8, 4) is 6.07 Å². The molecule has 1 aliphatic rings. The van der Waals surface area contributed by atoms with E-state index >= 15 is 0 Å². The summed E-state index contributed by atoms with van der Waals surface area (Å²) in [7, 11) is 0. The summed E-state index contributed by atoms with van der Waals surface area (Å²) in [6.45, 7) is 1.29. The van der Waals surface area contributed by atoms with Crippen LogP contribution in [0.3, 0.4) is 0 Å². The maximum atomic E-state index is 12.8. The fourth-order valence-corrected chi connectivity index (χ4v) is 3.16. The predicted molar refractivity (Wildman–Crippen MR) is 101 cm³/mol. The topological polar surface area (TPSA) is 81.9 Å².